The van der Waals surface area contributed by atoms with Crippen LogP contribution in [0.4, 0.5) is 17.6 Å². The summed E-state index contributed by atoms with van der Waals surface area (Å²) in [5.74, 6) is -0.391. The van der Waals surface area contributed by atoms with Crippen molar-refractivity contribution in [3.05, 3.63) is 89.0 Å². The molecule has 27 heavy (non-hydrogen) atoms. The summed E-state index contributed by atoms with van der Waals surface area (Å²) in [6.07, 6.45) is -0.00419. The smallest absolute Gasteiger partial charge is 0.265 e. The standard InChI is InChI=1S/C14H7BrF4N2.C5H5N/c15-12-11-6-3-9(14(17,18)19)7-21(11)20-13(12)8-1-4-10(16)5-2-8;1-2-4-6-5-3-1/h1-7H;1-5H. The van der Waals surface area contributed by atoms with E-state index in [2.05, 4.69) is 26.0 Å². The molecule has 0 radical (unpaired) electrons. The zero-order chi connectivity index (χ0) is 19.4. The van der Waals surface area contributed by atoms with Gasteiger partial charge in [-0.1, -0.05) is 6.07 Å². The minimum Gasteiger partial charge on any atom is -0.265 e. The zero-order valence-corrected chi connectivity index (χ0v) is 15.2. The topological polar surface area (TPSA) is 30.2 Å². The van der Waals surface area contributed by atoms with Crippen LogP contribution in [0.3, 0.4) is 0 Å². The molecular weight excluding hydrogens is 426 g/mol. The van der Waals surface area contributed by atoms with Gasteiger partial charge in [0.15, 0.2) is 0 Å². The van der Waals surface area contributed by atoms with Crippen molar-refractivity contribution in [3.8, 4) is 11.3 Å². The van der Waals surface area contributed by atoms with Gasteiger partial charge in [-0.3, -0.25) is 4.98 Å². The predicted octanol–water partition coefficient (Wildman–Crippen LogP) is 6.00. The molecule has 8 heteroatoms. The highest BCUT2D eigenvalue weighted by Gasteiger charge is 2.31. The monoisotopic (exact) mass is 437 g/mol. The van der Waals surface area contributed by atoms with Crippen molar-refractivity contribution in [2.45, 2.75) is 6.18 Å². The van der Waals surface area contributed by atoms with Gasteiger partial charge in [-0.25, -0.2) is 8.91 Å². The highest BCUT2D eigenvalue weighted by atomic mass is 79.9. The number of fused-ring (bicyclic) bond motifs is 1. The van der Waals surface area contributed by atoms with Crippen LogP contribution >= 0.6 is 15.9 Å². The number of pyridine rings is 2. The highest BCUT2D eigenvalue weighted by molar-refractivity contribution is 9.10. The Labute approximate surface area is 160 Å². The Morgan fingerprint density at radius 3 is 2.07 bits per heavy atom. The number of benzene rings is 1. The SMILES string of the molecule is Fc1ccc(-c2nn3cc(C(F)(F)F)ccc3c2Br)cc1.c1ccncc1. The van der Waals surface area contributed by atoms with Crippen LogP contribution in [0.15, 0.2) is 77.7 Å². The van der Waals surface area contributed by atoms with Crippen molar-refractivity contribution >= 4 is 21.4 Å². The Hall–Kier alpha value is -2.74. The fraction of sp³-hybridized carbons (Fsp3) is 0.0526. The lowest BCUT2D eigenvalue weighted by molar-refractivity contribution is -0.137. The van der Waals surface area contributed by atoms with Crippen molar-refractivity contribution in [1.29, 1.82) is 0 Å². The van der Waals surface area contributed by atoms with Crippen LogP contribution < -0.4 is 0 Å². The molecule has 0 unspecified atom stereocenters. The van der Waals surface area contributed by atoms with E-state index in [1.165, 1.54) is 30.3 Å². The molecule has 0 spiro atoms. The maximum Gasteiger partial charge on any atom is 0.417 e. The largest absolute Gasteiger partial charge is 0.417 e. The predicted molar refractivity (Wildman–Crippen MR) is 97.5 cm³/mol. The van der Waals surface area contributed by atoms with Crippen LogP contribution in [0.25, 0.3) is 16.8 Å². The number of hydrogen-bond acceptors (Lipinski definition) is 2. The fourth-order valence-electron chi connectivity index (χ4n) is 2.29. The quantitative estimate of drug-likeness (QED) is 0.341. The maximum atomic E-state index is 12.9. The Balaban J connectivity index is 0.000000299. The molecule has 0 amide bonds. The van der Waals surface area contributed by atoms with E-state index in [1.54, 1.807) is 12.4 Å². The van der Waals surface area contributed by atoms with Crippen molar-refractivity contribution < 1.29 is 17.6 Å². The third kappa shape index (κ3) is 4.51. The lowest BCUT2D eigenvalue weighted by atomic mass is 10.1. The third-order valence-electron chi connectivity index (χ3n) is 3.58. The molecule has 3 heterocycles. The van der Waals surface area contributed by atoms with Gasteiger partial charge in [0.2, 0.25) is 0 Å². The minimum absolute atomic E-state index is 0.391. The molecule has 0 saturated carbocycles. The van der Waals surface area contributed by atoms with E-state index in [9.17, 15) is 17.6 Å². The van der Waals surface area contributed by atoms with Crippen molar-refractivity contribution in [2.75, 3.05) is 0 Å². The molecule has 0 aliphatic heterocycles. The summed E-state index contributed by atoms with van der Waals surface area (Å²) < 4.78 is 52.7. The van der Waals surface area contributed by atoms with Crippen LogP contribution in [0.1, 0.15) is 5.56 Å². The molecule has 3 aromatic heterocycles. The summed E-state index contributed by atoms with van der Waals surface area (Å²) in [5.41, 5.74) is 0.785. The Bertz CT molecular complexity index is 1000. The Kier molecular flexibility index (Phi) is 5.55. The number of rotatable bonds is 1. The van der Waals surface area contributed by atoms with Gasteiger partial charge < -0.3 is 0 Å². The molecule has 0 fully saturated rings. The van der Waals surface area contributed by atoms with Gasteiger partial charge in [0.1, 0.15) is 11.5 Å². The first-order chi connectivity index (χ1) is 12.9. The molecule has 3 nitrogen and oxygen atoms in total. The fourth-order valence-corrected chi connectivity index (χ4v) is 2.91. The Morgan fingerprint density at radius 1 is 0.889 bits per heavy atom. The first kappa shape index (κ1) is 19.0. The summed E-state index contributed by atoms with van der Waals surface area (Å²) in [5, 5.41) is 4.13. The van der Waals surface area contributed by atoms with E-state index >= 15 is 0 Å². The van der Waals surface area contributed by atoms with Gasteiger partial charge in [0.05, 0.1) is 15.6 Å². The van der Waals surface area contributed by atoms with Gasteiger partial charge >= 0.3 is 6.18 Å². The number of aromatic nitrogens is 3. The maximum absolute atomic E-state index is 12.9. The number of nitrogens with zero attached hydrogens (tertiary/aromatic N) is 3. The Morgan fingerprint density at radius 2 is 1.56 bits per heavy atom. The van der Waals surface area contributed by atoms with Crippen LogP contribution in [-0.2, 0) is 6.18 Å². The number of alkyl halides is 3. The van der Waals surface area contributed by atoms with Gasteiger partial charge in [-0.2, -0.15) is 18.3 Å². The molecule has 0 aliphatic carbocycles. The molecule has 1 aromatic carbocycles. The average molecular weight is 438 g/mol. The average Bonchev–Trinajstić information content (AvgIpc) is 3.00. The molecule has 0 N–H and O–H groups in total. The van der Waals surface area contributed by atoms with E-state index in [4.69, 9.17) is 0 Å². The summed E-state index contributed by atoms with van der Waals surface area (Å²) in [7, 11) is 0. The molecule has 0 bridgehead atoms. The molecule has 4 rings (SSSR count). The van der Waals surface area contributed by atoms with Crippen LogP contribution in [0.2, 0.25) is 0 Å². The molecule has 0 saturated heterocycles. The van der Waals surface area contributed by atoms with Crippen molar-refractivity contribution in [1.82, 2.24) is 14.6 Å². The van der Waals surface area contributed by atoms with Crippen molar-refractivity contribution in [3.63, 3.8) is 0 Å². The lowest BCUT2D eigenvalue weighted by Gasteiger charge is -2.05. The van der Waals surface area contributed by atoms with Crippen LogP contribution in [0, 0.1) is 5.82 Å². The van der Waals surface area contributed by atoms with E-state index in [0.717, 1.165) is 16.8 Å². The second-order valence-corrected chi connectivity index (χ2v) is 6.23. The first-order valence-corrected chi connectivity index (χ1v) is 8.51. The summed E-state index contributed by atoms with van der Waals surface area (Å²) >= 11 is 3.32. The van der Waals surface area contributed by atoms with Gasteiger partial charge in [0.25, 0.3) is 0 Å². The normalized spacial score (nSPS) is 11.1. The third-order valence-corrected chi connectivity index (χ3v) is 4.36. The summed E-state index contributed by atoms with van der Waals surface area (Å²) in [4.78, 5) is 3.78. The molecule has 0 atom stereocenters. The van der Waals surface area contributed by atoms with Gasteiger partial charge in [-0.05, 0) is 64.5 Å². The second-order valence-electron chi connectivity index (χ2n) is 5.44. The highest BCUT2D eigenvalue weighted by Crippen LogP contribution is 2.34. The van der Waals surface area contributed by atoms with Crippen LogP contribution in [0.5, 0.6) is 0 Å². The van der Waals surface area contributed by atoms with Gasteiger partial charge in [0, 0.05) is 24.2 Å². The summed E-state index contributed by atoms with van der Waals surface area (Å²) in [6.45, 7) is 0. The van der Waals surface area contributed by atoms with E-state index in [1.807, 2.05) is 18.2 Å². The zero-order valence-electron chi connectivity index (χ0n) is 13.7. The van der Waals surface area contributed by atoms with Crippen molar-refractivity contribution in [2.24, 2.45) is 0 Å². The van der Waals surface area contributed by atoms with E-state index in [-0.39, 0.29) is 0 Å². The molecular formula is C19H12BrF4N3. The van der Waals surface area contributed by atoms with Crippen LogP contribution in [-0.4, -0.2) is 14.6 Å². The van der Waals surface area contributed by atoms with E-state index in [0.29, 0.717) is 21.2 Å². The number of hydrogen-bond donors (Lipinski definition) is 0. The van der Waals surface area contributed by atoms with E-state index < -0.39 is 17.6 Å². The second kappa shape index (κ2) is 7.87. The summed E-state index contributed by atoms with van der Waals surface area (Å²) in [6, 6.07) is 13.6. The lowest BCUT2D eigenvalue weighted by Crippen LogP contribution is -2.06. The van der Waals surface area contributed by atoms with Gasteiger partial charge in [-0.15, -0.1) is 0 Å². The minimum atomic E-state index is -4.43. The molecule has 138 valence electrons. The number of halogens is 5. The molecule has 0 aliphatic rings. The molecule has 4 aromatic rings. The first-order valence-electron chi connectivity index (χ1n) is 7.72.